The molecule has 0 bridgehead atoms. The van der Waals surface area contributed by atoms with E-state index in [1.165, 1.54) is 32.1 Å². The van der Waals surface area contributed by atoms with Crippen molar-refractivity contribution >= 4 is 15.8 Å². The van der Waals surface area contributed by atoms with Gasteiger partial charge in [-0.05, 0) is 25.9 Å². The van der Waals surface area contributed by atoms with Gasteiger partial charge in [-0.25, -0.2) is 8.42 Å². The first-order valence-electron chi connectivity index (χ1n) is 7.00. The topological polar surface area (TPSA) is 74.7 Å². The van der Waals surface area contributed by atoms with Crippen LogP contribution in [0.4, 0.5) is 0 Å². The predicted molar refractivity (Wildman–Crippen MR) is 75.0 cm³/mol. The zero-order valence-electron chi connectivity index (χ0n) is 11.7. The summed E-state index contributed by atoms with van der Waals surface area (Å²) in [6.45, 7) is 1.32. The summed E-state index contributed by atoms with van der Waals surface area (Å²) in [7, 11) is -1.56. The highest BCUT2D eigenvalue weighted by molar-refractivity contribution is 7.92. The molecule has 1 aliphatic carbocycles. The van der Waals surface area contributed by atoms with E-state index in [0.717, 1.165) is 18.9 Å². The van der Waals surface area contributed by atoms with Crippen LogP contribution in [-0.2, 0) is 14.6 Å². The van der Waals surface area contributed by atoms with Crippen LogP contribution < -0.4 is 0 Å². The van der Waals surface area contributed by atoms with Crippen molar-refractivity contribution in [2.75, 3.05) is 31.6 Å². The van der Waals surface area contributed by atoms with E-state index in [0.29, 0.717) is 6.54 Å². The van der Waals surface area contributed by atoms with Crippen LogP contribution in [0.2, 0.25) is 0 Å². The first-order valence-corrected chi connectivity index (χ1v) is 8.82. The molecule has 1 aliphatic rings. The Hall–Kier alpha value is -0.620. The standard InChI is InChI=1S/C13H25NO4S/c1-14(8-7-12-5-3-2-4-6-12)9-10-19(17,18)11-13(15)16/h12H,2-11H2,1H3,(H,15,16). The Labute approximate surface area is 115 Å². The highest BCUT2D eigenvalue weighted by Crippen LogP contribution is 2.26. The Bertz CT molecular complexity index is 374. The second-order valence-corrected chi connectivity index (χ2v) is 7.77. The lowest BCUT2D eigenvalue weighted by atomic mass is 9.87. The summed E-state index contributed by atoms with van der Waals surface area (Å²) in [5, 5.41) is 8.50. The molecule has 0 spiro atoms. The number of sulfone groups is 1. The number of nitrogens with zero attached hydrogens (tertiary/aromatic N) is 1. The summed E-state index contributed by atoms with van der Waals surface area (Å²) in [6, 6.07) is 0. The lowest BCUT2D eigenvalue weighted by molar-refractivity contribution is -0.134. The highest BCUT2D eigenvalue weighted by atomic mass is 32.2. The van der Waals surface area contributed by atoms with Crippen molar-refractivity contribution in [1.82, 2.24) is 4.90 Å². The van der Waals surface area contributed by atoms with E-state index in [9.17, 15) is 13.2 Å². The molecule has 1 rings (SSSR count). The normalized spacial score (nSPS) is 17.8. The van der Waals surface area contributed by atoms with Gasteiger partial charge in [-0.15, -0.1) is 0 Å². The van der Waals surface area contributed by atoms with Gasteiger partial charge in [0.25, 0.3) is 0 Å². The Morgan fingerprint density at radius 2 is 1.84 bits per heavy atom. The van der Waals surface area contributed by atoms with Gasteiger partial charge in [-0.2, -0.15) is 0 Å². The van der Waals surface area contributed by atoms with Crippen LogP contribution in [0.3, 0.4) is 0 Å². The van der Waals surface area contributed by atoms with Crippen LogP contribution in [0.5, 0.6) is 0 Å². The molecule has 112 valence electrons. The lowest BCUT2D eigenvalue weighted by Crippen LogP contribution is -2.30. The van der Waals surface area contributed by atoms with Crippen molar-refractivity contribution in [1.29, 1.82) is 0 Å². The van der Waals surface area contributed by atoms with Gasteiger partial charge in [0.1, 0.15) is 5.75 Å². The molecule has 0 heterocycles. The van der Waals surface area contributed by atoms with Crippen LogP contribution in [0.25, 0.3) is 0 Å². The number of carbonyl (C=O) groups is 1. The third-order valence-electron chi connectivity index (χ3n) is 3.77. The fraction of sp³-hybridized carbons (Fsp3) is 0.923. The Kier molecular flexibility index (Phi) is 6.79. The summed E-state index contributed by atoms with van der Waals surface area (Å²) in [6.07, 6.45) is 7.70. The number of hydrogen-bond donors (Lipinski definition) is 1. The molecule has 0 amide bonds. The van der Waals surface area contributed by atoms with Gasteiger partial charge in [0.2, 0.25) is 0 Å². The molecule has 1 saturated carbocycles. The minimum absolute atomic E-state index is 0.0690. The third kappa shape index (κ3) is 7.52. The monoisotopic (exact) mass is 291 g/mol. The van der Waals surface area contributed by atoms with Crippen molar-refractivity contribution in [3.8, 4) is 0 Å². The van der Waals surface area contributed by atoms with Crippen LogP contribution in [0, 0.1) is 5.92 Å². The Morgan fingerprint density at radius 3 is 2.42 bits per heavy atom. The number of aliphatic carboxylic acids is 1. The summed E-state index contributed by atoms with van der Waals surface area (Å²) < 4.78 is 22.9. The van der Waals surface area contributed by atoms with E-state index < -0.39 is 21.6 Å². The van der Waals surface area contributed by atoms with E-state index >= 15 is 0 Å². The fourth-order valence-corrected chi connectivity index (χ4v) is 3.66. The highest BCUT2D eigenvalue weighted by Gasteiger charge is 2.17. The lowest BCUT2D eigenvalue weighted by Gasteiger charge is -2.24. The third-order valence-corrected chi connectivity index (χ3v) is 5.26. The minimum Gasteiger partial charge on any atom is -0.480 e. The van der Waals surface area contributed by atoms with Crippen molar-refractivity contribution in [3.05, 3.63) is 0 Å². The summed E-state index contributed by atoms with van der Waals surface area (Å²) in [5.41, 5.74) is 0. The molecule has 1 fully saturated rings. The van der Waals surface area contributed by atoms with Gasteiger partial charge >= 0.3 is 5.97 Å². The molecule has 19 heavy (non-hydrogen) atoms. The van der Waals surface area contributed by atoms with Crippen molar-refractivity contribution in [2.45, 2.75) is 38.5 Å². The second-order valence-electron chi connectivity index (χ2n) is 5.58. The average molecular weight is 291 g/mol. The molecule has 0 aromatic carbocycles. The molecule has 0 aromatic rings. The molecule has 0 aliphatic heterocycles. The molecule has 0 unspecified atom stereocenters. The van der Waals surface area contributed by atoms with Gasteiger partial charge in [-0.1, -0.05) is 32.1 Å². The molecule has 0 saturated heterocycles. The van der Waals surface area contributed by atoms with Crippen molar-refractivity contribution < 1.29 is 18.3 Å². The van der Waals surface area contributed by atoms with Crippen molar-refractivity contribution in [2.24, 2.45) is 5.92 Å². The predicted octanol–water partition coefficient (Wildman–Crippen LogP) is 1.39. The van der Waals surface area contributed by atoms with Crippen LogP contribution >= 0.6 is 0 Å². The number of rotatable bonds is 8. The van der Waals surface area contributed by atoms with E-state index in [1.807, 2.05) is 11.9 Å². The van der Waals surface area contributed by atoms with Crippen LogP contribution in [0.15, 0.2) is 0 Å². The smallest absolute Gasteiger partial charge is 0.318 e. The summed E-state index contributed by atoms with van der Waals surface area (Å²) in [5.74, 6) is -1.32. The quantitative estimate of drug-likeness (QED) is 0.731. The molecule has 0 radical (unpaired) electrons. The maximum atomic E-state index is 11.4. The molecular weight excluding hydrogens is 266 g/mol. The summed E-state index contributed by atoms with van der Waals surface area (Å²) in [4.78, 5) is 12.4. The van der Waals surface area contributed by atoms with Crippen LogP contribution in [-0.4, -0.2) is 56.0 Å². The van der Waals surface area contributed by atoms with Gasteiger partial charge < -0.3 is 10.0 Å². The van der Waals surface area contributed by atoms with Gasteiger partial charge in [0.15, 0.2) is 9.84 Å². The second kappa shape index (κ2) is 7.85. The largest absolute Gasteiger partial charge is 0.480 e. The van der Waals surface area contributed by atoms with E-state index in [2.05, 4.69) is 0 Å². The van der Waals surface area contributed by atoms with Crippen molar-refractivity contribution in [3.63, 3.8) is 0 Å². The SMILES string of the molecule is CN(CCC1CCCCC1)CCS(=O)(=O)CC(=O)O. The van der Waals surface area contributed by atoms with Gasteiger partial charge in [-0.3, -0.25) is 4.79 Å². The zero-order valence-corrected chi connectivity index (χ0v) is 12.5. The average Bonchev–Trinajstić information content (AvgIpc) is 2.34. The van der Waals surface area contributed by atoms with E-state index in [1.54, 1.807) is 0 Å². The fourth-order valence-electron chi connectivity index (χ4n) is 2.55. The zero-order chi connectivity index (χ0) is 14.3. The van der Waals surface area contributed by atoms with E-state index in [-0.39, 0.29) is 5.75 Å². The maximum Gasteiger partial charge on any atom is 0.318 e. The number of carboxylic acid groups (broad SMARTS) is 1. The van der Waals surface area contributed by atoms with Crippen LogP contribution in [0.1, 0.15) is 38.5 Å². The molecule has 5 nitrogen and oxygen atoms in total. The molecule has 1 N–H and O–H groups in total. The molecular formula is C13H25NO4S. The maximum absolute atomic E-state index is 11.4. The minimum atomic E-state index is -3.46. The van der Waals surface area contributed by atoms with Gasteiger partial charge in [0, 0.05) is 6.54 Å². The number of hydrogen-bond acceptors (Lipinski definition) is 4. The molecule has 6 heteroatoms. The Balaban J connectivity index is 2.19. The molecule has 0 atom stereocenters. The first kappa shape index (κ1) is 16.4. The Morgan fingerprint density at radius 1 is 1.21 bits per heavy atom. The molecule has 0 aromatic heterocycles. The summed E-state index contributed by atoms with van der Waals surface area (Å²) >= 11 is 0. The number of carboxylic acids is 1. The van der Waals surface area contributed by atoms with E-state index in [4.69, 9.17) is 5.11 Å². The van der Waals surface area contributed by atoms with Gasteiger partial charge in [0.05, 0.1) is 5.75 Å². The first-order chi connectivity index (χ1) is 8.89.